The number of nitriles is 1. The Hall–Kier alpha value is -1.91. The summed E-state index contributed by atoms with van der Waals surface area (Å²) in [7, 11) is -3.39. The number of nitrogens with one attached hydrogen (secondary N) is 1. The molecule has 118 valence electrons. The van der Waals surface area contributed by atoms with Crippen LogP contribution in [-0.2, 0) is 14.8 Å². The second kappa shape index (κ2) is 6.90. The first-order valence-corrected chi connectivity index (χ1v) is 8.89. The van der Waals surface area contributed by atoms with Crippen molar-refractivity contribution in [1.29, 1.82) is 5.26 Å². The van der Waals surface area contributed by atoms with Crippen molar-refractivity contribution in [3.63, 3.8) is 0 Å². The Morgan fingerprint density at radius 1 is 1.50 bits per heavy atom. The number of carbonyl (C=O) groups excluding carboxylic acids is 1. The largest absolute Gasteiger partial charge is 0.325 e. The van der Waals surface area contributed by atoms with Crippen LogP contribution in [0, 0.1) is 11.3 Å². The van der Waals surface area contributed by atoms with Crippen molar-refractivity contribution in [2.75, 3.05) is 17.6 Å². The van der Waals surface area contributed by atoms with Crippen molar-refractivity contribution in [2.45, 2.75) is 32.2 Å². The Bertz CT molecular complexity index is 694. The van der Waals surface area contributed by atoms with Crippen LogP contribution in [0.25, 0.3) is 0 Å². The van der Waals surface area contributed by atoms with Crippen LogP contribution in [0.15, 0.2) is 24.3 Å². The van der Waals surface area contributed by atoms with Gasteiger partial charge in [0, 0.05) is 12.2 Å². The highest BCUT2D eigenvalue weighted by Gasteiger charge is 2.37. The van der Waals surface area contributed by atoms with Gasteiger partial charge in [0.25, 0.3) is 0 Å². The maximum absolute atomic E-state index is 12.4. The van der Waals surface area contributed by atoms with Crippen LogP contribution in [0.4, 0.5) is 5.69 Å². The average molecular weight is 321 g/mol. The third-order valence-electron chi connectivity index (χ3n) is 3.58. The third kappa shape index (κ3) is 3.64. The molecule has 0 bridgehead atoms. The Balaban J connectivity index is 2.13. The molecule has 0 aromatic heterocycles. The van der Waals surface area contributed by atoms with Crippen LogP contribution in [0.1, 0.15) is 31.7 Å². The number of carbonyl (C=O) groups is 1. The van der Waals surface area contributed by atoms with Crippen LogP contribution in [0.3, 0.4) is 0 Å². The van der Waals surface area contributed by atoms with Gasteiger partial charge in [-0.1, -0.05) is 13.0 Å². The van der Waals surface area contributed by atoms with Gasteiger partial charge in [-0.15, -0.1) is 0 Å². The van der Waals surface area contributed by atoms with Crippen LogP contribution in [-0.4, -0.2) is 37.0 Å². The molecular formula is C15H19N3O3S. The van der Waals surface area contributed by atoms with Gasteiger partial charge in [-0.05, 0) is 37.5 Å². The quantitative estimate of drug-likeness (QED) is 0.893. The lowest BCUT2D eigenvalue weighted by atomic mass is 10.2. The molecule has 1 aromatic rings. The monoisotopic (exact) mass is 321 g/mol. The maximum Gasteiger partial charge on any atom is 0.242 e. The lowest BCUT2D eigenvalue weighted by Gasteiger charge is -2.23. The third-order valence-corrected chi connectivity index (χ3v) is 5.66. The van der Waals surface area contributed by atoms with E-state index in [-0.39, 0.29) is 11.7 Å². The maximum atomic E-state index is 12.4. The Morgan fingerprint density at radius 2 is 2.27 bits per heavy atom. The number of rotatable bonds is 5. The van der Waals surface area contributed by atoms with Crippen molar-refractivity contribution in [3.8, 4) is 6.07 Å². The predicted molar refractivity (Wildman–Crippen MR) is 83.6 cm³/mol. The van der Waals surface area contributed by atoms with Gasteiger partial charge >= 0.3 is 0 Å². The molecule has 1 aliphatic rings. The fourth-order valence-corrected chi connectivity index (χ4v) is 4.35. The Labute approximate surface area is 130 Å². The van der Waals surface area contributed by atoms with Crippen molar-refractivity contribution >= 4 is 21.6 Å². The van der Waals surface area contributed by atoms with E-state index in [1.807, 2.05) is 6.07 Å². The normalized spacial score (nSPS) is 18.8. The summed E-state index contributed by atoms with van der Waals surface area (Å²) in [5.41, 5.74) is 0.948. The topological polar surface area (TPSA) is 90.3 Å². The van der Waals surface area contributed by atoms with Crippen LogP contribution >= 0.6 is 0 Å². The van der Waals surface area contributed by atoms with E-state index in [4.69, 9.17) is 5.26 Å². The van der Waals surface area contributed by atoms with Gasteiger partial charge in [-0.25, -0.2) is 8.42 Å². The molecule has 1 unspecified atom stereocenters. The van der Waals surface area contributed by atoms with Crippen LogP contribution in [0.5, 0.6) is 0 Å². The van der Waals surface area contributed by atoms with E-state index in [0.29, 0.717) is 37.1 Å². The van der Waals surface area contributed by atoms with E-state index in [1.165, 1.54) is 4.31 Å². The van der Waals surface area contributed by atoms with E-state index >= 15 is 0 Å². The summed E-state index contributed by atoms with van der Waals surface area (Å²) in [4.78, 5) is 12.4. The molecule has 1 atom stereocenters. The van der Waals surface area contributed by atoms with Crippen molar-refractivity contribution in [2.24, 2.45) is 0 Å². The minimum absolute atomic E-state index is 0.0562. The first-order valence-electron chi connectivity index (χ1n) is 7.28. The fraction of sp³-hybridized carbons (Fsp3) is 0.467. The van der Waals surface area contributed by atoms with Crippen LogP contribution in [0.2, 0.25) is 0 Å². The summed E-state index contributed by atoms with van der Waals surface area (Å²) in [6.45, 7) is 2.19. The molecule has 7 heteroatoms. The minimum Gasteiger partial charge on any atom is -0.325 e. The fourth-order valence-electron chi connectivity index (χ4n) is 2.60. The predicted octanol–water partition coefficient (Wildman–Crippen LogP) is 1.70. The zero-order valence-electron chi connectivity index (χ0n) is 12.4. The molecule has 0 aliphatic carbocycles. The number of hydrogen-bond donors (Lipinski definition) is 1. The molecule has 0 radical (unpaired) electrons. The zero-order valence-corrected chi connectivity index (χ0v) is 13.3. The summed E-state index contributed by atoms with van der Waals surface area (Å²) in [5.74, 6) is -0.284. The van der Waals surface area contributed by atoms with Crippen molar-refractivity contribution in [1.82, 2.24) is 4.31 Å². The number of benzene rings is 1. The van der Waals surface area contributed by atoms with E-state index < -0.39 is 16.1 Å². The molecule has 1 fully saturated rings. The van der Waals surface area contributed by atoms with E-state index in [2.05, 4.69) is 5.32 Å². The molecule has 1 aromatic carbocycles. The summed E-state index contributed by atoms with van der Waals surface area (Å²) >= 11 is 0. The lowest BCUT2D eigenvalue weighted by molar-refractivity contribution is -0.119. The summed E-state index contributed by atoms with van der Waals surface area (Å²) in [5, 5.41) is 11.6. The second-order valence-electron chi connectivity index (χ2n) is 5.27. The first kappa shape index (κ1) is 16.5. The van der Waals surface area contributed by atoms with Crippen molar-refractivity contribution in [3.05, 3.63) is 29.8 Å². The number of nitrogens with zero attached hydrogens (tertiary/aromatic N) is 2. The Kier molecular flexibility index (Phi) is 5.16. The van der Waals surface area contributed by atoms with Gasteiger partial charge in [0.2, 0.25) is 15.9 Å². The number of hydrogen-bond acceptors (Lipinski definition) is 4. The van der Waals surface area contributed by atoms with Crippen LogP contribution < -0.4 is 5.32 Å². The highest BCUT2D eigenvalue weighted by molar-refractivity contribution is 7.89. The molecule has 1 amide bonds. The van der Waals surface area contributed by atoms with Gasteiger partial charge in [-0.2, -0.15) is 9.57 Å². The molecule has 0 saturated carbocycles. The number of amides is 1. The molecule has 0 spiro atoms. The molecule has 1 N–H and O–H groups in total. The van der Waals surface area contributed by atoms with Gasteiger partial charge in [-0.3, -0.25) is 4.79 Å². The highest BCUT2D eigenvalue weighted by atomic mass is 32.2. The van der Waals surface area contributed by atoms with Gasteiger partial charge in [0.1, 0.15) is 6.04 Å². The summed E-state index contributed by atoms with van der Waals surface area (Å²) in [6, 6.07) is 7.90. The molecule has 2 rings (SSSR count). The zero-order chi connectivity index (χ0) is 16.2. The SMILES string of the molecule is CCCS(=O)(=O)N1CCCC1C(=O)Nc1cccc(C#N)c1. The molecule has 22 heavy (non-hydrogen) atoms. The van der Waals surface area contributed by atoms with E-state index in [0.717, 1.165) is 0 Å². The van der Waals surface area contributed by atoms with E-state index in [9.17, 15) is 13.2 Å². The number of anilines is 1. The lowest BCUT2D eigenvalue weighted by Crippen LogP contribution is -2.44. The molecule has 1 aliphatic heterocycles. The van der Waals surface area contributed by atoms with E-state index in [1.54, 1.807) is 31.2 Å². The molecular weight excluding hydrogens is 302 g/mol. The van der Waals surface area contributed by atoms with Crippen molar-refractivity contribution < 1.29 is 13.2 Å². The Morgan fingerprint density at radius 3 is 2.95 bits per heavy atom. The minimum atomic E-state index is -3.39. The molecule has 1 saturated heterocycles. The summed E-state index contributed by atoms with van der Waals surface area (Å²) < 4.78 is 25.7. The second-order valence-corrected chi connectivity index (χ2v) is 7.31. The van der Waals surface area contributed by atoms with Gasteiger partial charge in [0.05, 0.1) is 17.4 Å². The number of sulfonamides is 1. The first-order chi connectivity index (χ1) is 10.5. The molecule has 1 heterocycles. The highest BCUT2D eigenvalue weighted by Crippen LogP contribution is 2.23. The smallest absolute Gasteiger partial charge is 0.242 e. The van der Waals surface area contributed by atoms with Gasteiger partial charge in [0.15, 0.2) is 0 Å². The molecule has 6 nitrogen and oxygen atoms in total. The summed E-state index contributed by atoms with van der Waals surface area (Å²) in [6.07, 6.45) is 1.73. The van der Waals surface area contributed by atoms with Gasteiger partial charge < -0.3 is 5.32 Å². The average Bonchev–Trinajstić information content (AvgIpc) is 2.98. The standard InChI is InChI=1S/C15H19N3O3S/c1-2-9-22(20,21)18-8-4-7-14(18)15(19)17-13-6-3-5-12(10-13)11-16/h3,5-6,10,14H,2,4,7-9H2,1H3,(H,17,19).